The van der Waals surface area contributed by atoms with Crippen LogP contribution in [0.2, 0.25) is 0 Å². The SMILES string of the molecule is C=CC.Oc1ccccc1-c1cccc(N(c2cc(-c3ccccc3)cc(C3C=CC=CC3)c2)c2cc3oc4cc(N(c5cc(-c6ccccc6)cc(-c6ccccc6)c5)c5cccc6c5oc5ccccc56)ccc4c3c3ccccc23)c1. The lowest BCUT2D eigenvalue weighted by molar-refractivity contribution is 0.477. The van der Waals surface area contributed by atoms with Crippen LogP contribution in [0.1, 0.15) is 24.8 Å². The second-order valence-electron chi connectivity index (χ2n) is 21.3. The van der Waals surface area contributed by atoms with Crippen molar-refractivity contribution in [3.05, 3.63) is 309 Å². The van der Waals surface area contributed by atoms with Crippen LogP contribution >= 0.6 is 0 Å². The molecule has 84 heavy (non-hydrogen) atoms. The van der Waals surface area contributed by atoms with Crippen LogP contribution in [0.25, 0.3) is 99.2 Å². The van der Waals surface area contributed by atoms with Gasteiger partial charge in [-0.1, -0.05) is 212 Å². The summed E-state index contributed by atoms with van der Waals surface area (Å²) < 4.78 is 14.2. The fraction of sp³-hybridized carbons (Fsp3) is 0.0380. The number of anilines is 6. The maximum absolute atomic E-state index is 11.2. The molecular formula is C79H58N2O3. The summed E-state index contributed by atoms with van der Waals surface area (Å²) >= 11 is 0. The van der Waals surface area contributed by atoms with Crippen molar-refractivity contribution in [1.82, 2.24) is 0 Å². The highest BCUT2D eigenvalue weighted by Gasteiger charge is 2.26. The molecule has 5 nitrogen and oxygen atoms in total. The zero-order valence-corrected chi connectivity index (χ0v) is 46.4. The second-order valence-corrected chi connectivity index (χ2v) is 21.3. The minimum atomic E-state index is 0.194. The van der Waals surface area contributed by atoms with Gasteiger partial charge in [0.1, 0.15) is 22.5 Å². The van der Waals surface area contributed by atoms with Gasteiger partial charge in [0.15, 0.2) is 5.58 Å². The molecule has 1 N–H and O–H groups in total. The molecular weight excluding hydrogens is 1020 g/mol. The maximum atomic E-state index is 11.2. The van der Waals surface area contributed by atoms with Gasteiger partial charge in [-0.3, -0.25) is 0 Å². The van der Waals surface area contributed by atoms with E-state index < -0.39 is 0 Å². The van der Waals surface area contributed by atoms with E-state index in [4.69, 9.17) is 8.83 Å². The lowest BCUT2D eigenvalue weighted by Gasteiger charge is -2.29. The van der Waals surface area contributed by atoms with Gasteiger partial charge >= 0.3 is 0 Å². The number of hydrogen-bond acceptors (Lipinski definition) is 5. The maximum Gasteiger partial charge on any atom is 0.159 e. The van der Waals surface area contributed by atoms with Gasteiger partial charge < -0.3 is 23.7 Å². The second kappa shape index (κ2) is 22.2. The van der Waals surface area contributed by atoms with Crippen molar-refractivity contribution < 1.29 is 13.9 Å². The van der Waals surface area contributed by atoms with Crippen molar-refractivity contribution in [1.29, 1.82) is 0 Å². The molecule has 0 radical (unpaired) electrons. The molecule has 2 heterocycles. The van der Waals surface area contributed by atoms with Gasteiger partial charge in [0, 0.05) is 67.6 Å². The first kappa shape index (κ1) is 51.3. The van der Waals surface area contributed by atoms with Crippen LogP contribution < -0.4 is 9.80 Å². The Hall–Kier alpha value is -10.9. The Labute approximate surface area is 488 Å². The highest BCUT2D eigenvalue weighted by molar-refractivity contribution is 6.23. The number of benzene rings is 12. The number of phenolic OH excluding ortho intramolecular Hbond substituents is 1. The minimum Gasteiger partial charge on any atom is -0.507 e. The topological polar surface area (TPSA) is 53.0 Å². The van der Waals surface area contributed by atoms with E-state index in [0.29, 0.717) is 0 Å². The van der Waals surface area contributed by atoms with Crippen molar-refractivity contribution in [3.8, 4) is 50.3 Å². The summed E-state index contributed by atoms with van der Waals surface area (Å²) in [5, 5.41) is 17.5. The van der Waals surface area contributed by atoms with Gasteiger partial charge in [0.25, 0.3) is 0 Å². The van der Waals surface area contributed by atoms with Gasteiger partial charge in [0.05, 0.1) is 17.1 Å². The summed E-state index contributed by atoms with van der Waals surface area (Å²) in [6.07, 6.45) is 11.5. The van der Waals surface area contributed by atoms with E-state index in [9.17, 15) is 5.11 Å². The predicted octanol–water partition coefficient (Wildman–Crippen LogP) is 22.7. The molecule has 1 unspecified atom stereocenters. The lowest BCUT2D eigenvalue weighted by atomic mass is 9.89. The summed E-state index contributed by atoms with van der Waals surface area (Å²) in [5.41, 5.74) is 18.5. The van der Waals surface area contributed by atoms with Crippen LogP contribution in [-0.4, -0.2) is 5.11 Å². The Kier molecular flexibility index (Phi) is 13.6. The van der Waals surface area contributed by atoms with E-state index in [1.54, 1.807) is 12.1 Å². The molecule has 402 valence electrons. The molecule has 15 rings (SSSR count). The monoisotopic (exact) mass is 1080 g/mol. The first-order chi connectivity index (χ1) is 41.5. The Morgan fingerprint density at radius 2 is 0.964 bits per heavy atom. The zero-order valence-electron chi connectivity index (χ0n) is 46.4. The van der Waals surface area contributed by atoms with Gasteiger partial charge in [-0.15, -0.1) is 6.58 Å². The molecule has 1 aliphatic rings. The fourth-order valence-electron chi connectivity index (χ4n) is 12.2. The molecule has 0 saturated heterocycles. The van der Waals surface area contributed by atoms with Crippen molar-refractivity contribution in [2.45, 2.75) is 19.3 Å². The van der Waals surface area contributed by atoms with Crippen LogP contribution in [0.4, 0.5) is 34.1 Å². The third-order valence-corrected chi connectivity index (χ3v) is 16.0. The Bertz CT molecular complexity index is 4760. The molecule has 0 spiro atoms. The fourth-order valence-corrected chi connectivity index (χ4v) is 12.2. The summed E-state index contributed by atoms with van der Waals surface area (Å²) in [7, 11) is 0. The Balaban J connectivity index is 0.00000205. The summed E-state index contributed by atoms with van der Waals surface area (Å²) in [6.45, 7) is 5.25. The third-order valence-electron chi connectivity index (χ3n) is 16.0. The molecule has 0 fully saturated rings. The minimum absolute atomic E-state index is 0.194. The highest BCUT2D eigenvalue weighted by Crippen LogP contribution is 2.50. The van der Waals surface area contributed by atoms with Crippen LogP contribution in [-0.2, 0) is 0 Å². The van der Waals surface area contributed by atoms with E-state index in [1.165, 1.54) is 5.56 Å². The number of nitrogens with zero attached hydrogens (tertiary/aromatic N) is 2. The van der Waals surface area contributed by atoms with Crippen molar-refractivity contribution in [3.63, 3.8) is 0 Å². The van der Waals surface area contributed by atoms with Crippen molar-refractivity contribution >= 4 is 88.8 Å². The molecule has 0 bridgehead atoms. The number of hydrogen-bond donors (Lipinski definition) is 1. The number of allylic oxidation sites excluding steroid dienone is 5. The first-order valence-electron chi connectivity index (χ1n) is 28.6. The average molecular weight is 1080 g/mol. The summed E-state index contributed by atoms with van der Waals surface area (Å²) in [6, 6.07) is 94.1. The van der Waals surface area contributed by atoms with Gasteiger partial charge in [0.2, 0.25) is 0 Å². The van der Waals surface area contributed by atoms with Crippen LogP contribution in [0.3, 0.4) is 0 Å². The number of phenols is 1. The van der Waals surface area contributed by atoms with Gasteiger partial charge in [-0.25, -0.2) is 0 Å². The largest absolute Gasteiger partial charge is 0.507 e. The van der Waals surface area contributed by atoms with E-state index in [0.717, 1.165) is 140 Å². The van der Waals surface area contributed by atoms with Crippen LogP contribution in [0.5, 0.6) is 5.75 Å². The molecule has 5 heteroatoms. The van der Waals surface area contributed by atoms with E-state index in [2.05, 4.69) is 271 Å². The number of fused-ring (bicyclic) bond motifs is 8. The molecule has 1 aliphatic carbocycles. The standard InChI is InChI=1S/C76H52N2O3.C3H6/c79-71-37-17-15-31-63(71)54-29-19-30-59(43-54)78(62-46-57(52-25-9-3-10-26-52)42-58(47-62)53-27-11-4-12-28-53)70-49-74-75(66-34-14-13-32-64(66)70)68-40-39-60(48-73(68)80-74)77(69-36-20-35-67-65-33-16-18-38-72(65)81-76(67)69)61-44-55(50-21-5-1-6-22-50)41-56(45-61)51-23-7-2-8-24-51;1-3-2/h1-27,29-49,53,79H,28H2;3H,1H2,2H3. The van der Waals surface area contributed by atoms with Crippen LogP contribution in [0, 0.1) is 0 Å². The number of para-hydroxylation sites is 3. The normalized spacial score (nSPS) is 12.9. The smallest absolute Gasteiger partial charge is 0.159 e. The van der Waals surface area contributed by atoms with Crippen molar-refractivity contribution in [2.24, 2.45) is 0 Å². The highest BCUT2D eigenvalue weighted by atomic mass is 16.3. The lowest BCUT2D eigenvalue weighted by Crippen LogP contribution is -2.12. The van der Waals surface area contributed by atoms with Crippen molar-refractivity contribution in [2.75, 3.05) is 9.80 Å². The zero-order chi connectivity index (χ0) is 56.5. The van der Waals surface area contributed by atoms with Crippen LogP contribution in [0.15, 0.2) is 313 Å². The number of rotatable bonds is 11. The third kappa shape index (κ3) is 9.57. The van der Waals surface area contributed by atoms with E-state index >= 15 is 0 Å². The summed E-state index contributed by atoms with van der Waals surface area (Å²) in [5.74, 6) is 0.424. The Morgan fingerprint density at radius 1 is 0.405 bits per heavy atom. The molecule has 0 aliphatic heterocycles. The van der Waals surface area contributed by atoms with Gasteiger partial charge in [-0.2, -0.15) is 0 Å². The molecule has 2 aromatic heterocycles. The average Bonchev–Trinajstić information content (AvgIpc) is 2.51. The molecule has 1 atom stereocenters. The van der Waals surface area contributed by atoms with Gasteiger partial charge in [-0.05, 0) is 136 Å². The molecule has 14 aromatic rings. The van der Waals surface area contributed by atoms with E-state index in [1.807, 2.05) is 37.3 Å². The van der Waals surface area contributed by atoms with E-state index in [-0.39, 0.29) is 11.7 Å². The quantitative estimate of drug-likeness (QED) is 0.131. The predicted molar refractivity (Wildman–Crippen MR) is 353 cm³/mol. The molecule has 0 saturated carbocycles. The number of furan rings is 2. The molecule has 0 amide bonds. The number of aromatic hydroxyl groups is 1. The summed E-state index contributed by atoms with van der Waals surface area (Å²) in [4.78, 5) is 4.70. The molecule has 12 aromatic carbocycles. The first-order valence-corrected chi connectivity index (χ1v) is 28.6. The Morgan fingerprint density at radius 3 is 1.65 bits per heavy atom.